The van der Waals surface area contributed by atoms with E-state index < -0.39 is 0 Å². The van der Waals surface area contributed by atoms with E-state index in [2.05, 4.69) is 29.1 Å². The van der Waals surface area contributed by atoms with Crippen molar-refractivity contribution in [2.24, 2.45) is 5.73 Å². The van der Waals surface area contributed by atoms with Gasteiger partial charge < -0.3 is 11.1 Å². The molecule has 0 atom stereocenters. The Hall–Kier alpha value is -1.94. The number of aromatic nitrogens is 2. The molecule has 19 heavy (non-hydrogen) atoms. The zero-order valence-corrected chi connectivity index (χ0v) is 11.6. The average molecular weight is 256 g/mol. The third-order valence-electron chi connectivity index (χ3n) is 2.89. The van der Waals surface area contributed by atoms with Crippen LogP contribution in [0.1, 0.15) is 36.8 Å². The minimum absolute atomic E-state index is 0.310. The van der Waals surface area contributed by atoms with Crippen molar-refractivity contribution in [1.29, 1.82) is 0 Å². The molecule has 0 spiro atoms. The topological polar surface area (TPSA) is 63.8 Å². The molecule has 4 heteroatoms. The summed E-state index contributed by atoms with van der Waals surface area (Å²) in [5.41, 5.74) is 8.78. The quantitative estimate of drug-likeness (QED) is 0.882. The van der Waals surface area contributed by atoms with Crippen molar-refractivity contribution in [2.45, 2.75) is 33.2 Å². The smallest absolute Gasteiger partial charge is 0.134 e. The number of para-hydroxylation sites is 1. The van der Waals surface area contributed by atoms with Crippen LogP contribution in [-0.2, 0) is 6.54 Å². The fourth-order valence-corrected chi connectivity index (χ4v) is 1.87. The molecule has 3 N–H and O–H groups in total. The van der Waals surface area contributed by atoms with Gasteiger partial charge in [-0.15, -0.1) is 0 Å². The molecular formula is C15H20N4. The van der Waals surface area contributed by atoms with Gasteiger partial charge in [-0.25, -0.2) is 9.97 Å². The molecule has 0 unspecified atom stereocenters. The van der Waals surface area contributed by atoms with E-state index in [1.54, 1.807) is 0 Å². The summed E-state index contributed by atoms with van der Waals surface area (Å²) in [6, 6.07) is 9.94. The van der Waals surface area contributed by atoms with Crippen molar-refractivity contribution in [3.63, 3.8) is 0 Å². The fourth-order valence-electron chi connectivity index (χ4n) is 1.87. The van der Waals surface area contributed by atoms with Gasteiger partial charge >= 0.3 is 0 Å². The maximum atomic E-state index is 5.74. The van der Waals surface area contributed by atoms with Crippen LogP contribution in [-0.4, -0.2) is 9.97 Å². The molecule has 0 radical (unpaired) electrons. The second-order valence-electron chi connectivity index (χ2n) is 4.89. The van der Waals surface area contributed by atoms with Gasteiger partial charge in [0.1, 0.15) is 11.6 Å². The normalized spacial score (nSPS) is 10.8. The molecule has 0 aliphatic carbocycles. The number of hydrogen-bond acceptors (Lipinski definition) is 4. The third-order valence-corrected chi connectivity index (χ3v) is 2.89. The standard InChI is InChI=1S/C15H20N4/c1-10(2)15-17-11(3)8-14(19-15)18-13-7-5-4-6-12(13)9-16/h4-8,10H,9,16H2,1-3H3,(H,17,18,19). The van der Waals surface area contributed by atoms with Gasteiger partial charge in [-0.3, -0.25) is 0 Å². The minimum atomic E-state index is 0.310. The van der Waals surface area contributed by atoms with Crippen LogP contribution in [0, 0.1) is 6.92 Å². The van der Waals surface area contributed by atoms with E-state index in [-0.39, 0.29) is 0 Å². The molecule has 100 valence electrons. The molecule has 2 aromatic rings. The zero-order chi connectivity index (χ0) is 13.8. The molecule has 4 nitrogen and oxygen atoms in total. The van der Waals surface area contributed by atoms with E-state index in [4.69, 9.17) is 5.73 Å². The van der Waals surface area contributed by atoms with E-state index in [1.165, 1.54) is 0 Å². The van der Waals surface area contributed by atoms with Crippen LogP contribution in [0.4, 0.5) is 11.5 Å². The SMILES string of the molecule is Cc1cc(Nc2ccccc2CN)nc(C(C)C)n1. The fraction of sp³-hybridized carbons (Fsp3) is 0.333. The highest BCUT2D eigenvalue weighted by Gasteiger charge is 2.07. The maximum Gasteiger partial charge on any atom is 0.134 e. The van der Waals surface area contributed by atoms with Gasteiger partial charge in [0, 0.05) is 29.9 Å². The summed E-state index contributed by atoms with van der Waals surface area (Å²) < 4.78 is 0. The van der Waals surface area contributed by atoms with Crippen LogP contribution >= 0.6 is 0 Å². The lowest BCUT2D eigenvalue weighted by Crippen LogP contribution is -2.06. The summed E-state index contributed by atoms with van der Waals surface area (Å²) in [7, 11) is 0. The Bertz CT molecular complexity index is 564. The predicted octanol–water partition coefficient (Wildman–Crippen LogP) is 3.11. The number of nitrogens with zero attached hydrogens (tertiary/aromatic N) is 2. The van der Waals surface area contributed by atoms with E-state index in [0.717, 1.165) is 28.6 Å². The molecule has 0 aliphatic heterocycles. The van der Waals surface area contributed by atoms with Crippen molar-refractivity contribution in [2.75, 3.05) is 5.32 Å². The zero-order valence-electron chi connectivity index (χ0n) is 11.6. The molecule has 0 saturated heterocycles. The summed E-state index contributed by atoms with van der Waals surface area (Å²) in [6.07, 6.45) is 0. The lowest BCUT2D eigenvalue weighted by molar-refractivity contribution is 0.768. The average Bonchev–Trinajstić information content (AvgIpc) is 2.38. The van der Waals surface area contributed by atoms with Crippen molar-refractivity contribution < 1.29 is 0 Å². The van der Waals surface area contributed by atoms with Gasteiger partial charge in [-0.2, -0.15) is 0 Å². The summed E-state index contributed by atoms with van der Waals surface area (Å²) in [5, 5.41) is 3.33. The molecule has 1 heterocycles. The van der Waals surface area contributed by atoms with Crippen LogP contribution < -0.4 is 11.1 Å². The van der Waals surface area contributed by atoms with Crippen molar-refractivity contribution in [3.05, 3.63) is 47.4 Å². The molecule has 0 amide bonds. The first kappa shape index (κ1) is 13.5. The van der Waals surface area contributed by atoms with Gasteiger partial charge in [-0.1, -0.05) is 32.0 Å². The number of nitrogens with one attached hydrogen (secondary N) is 1. The van der Waals surface area contributed by atoms with Crippen molar-refractivity contribution in [3.8, 4) is 0 Å². The molecular weight excluding hydrogens is 236 g/mol. The highest BCUT2D eigenvalue weighted by Crippen LogP contribution is 2.21. The second-order valence-corrected chi connectivity index (χ2v) is 4.89. The first-order valence-corrected chi connectivity index (χ1v) is 6.50. The molecule has 0 fully saturated rings. The van der Waals surface area contributed by atoms with Gasteiger partial charge in [0.2, 0.25) is 0 Å². The molecule has 0 aliphatic rings. The van der Waals surface area contributed by atoms with E-state index in [1.807, 2.05) is 37.3 Å². The van der Waals surface area contributed by atoms with Gasteiger partial charge in [0.15, 0.2) is 0 Å². The van der Waals surface area contributed by atoms with Crippen LogP contribution in [0.5, 0.6) is 0 Å². The maximum absolute atomic E-state index is 5.74. The first-order chi connectivity index (χ1) is 9.10. The first-order valence-electron chi connectivity index (χ1n) is 6.50. The van der Waals surface area contributed by atoms with Gasteiger partial charge in [0.05, 0.1) is 0 Å². The molecule has 0 saturated carbocycles. The predicted molar refractivity (Wildman–Crippen MR) is 78.5 cm³/mol. The van der Waals surface area contributed by atoms with E-state index in [9.17, 15) is 0 Å². The number of benzene rings is 1. The van der Waals surface area contributed by atoms with E-state index >= 15 is 0 Å². The lowest BCUT2D eigenvalue weighted by Gasteiger charge is -2.12. The molecule has 1 aromatic heterocycles. The Kier molecular flexibility index (Phi) is 4.12. The Labute approximate surface area is 114 Å². The van der Waals surface area contributed by atoms with Crippen molar-refractivity contribution in [1.82, 2.24) is 9.97 Å². The highest BCUT2D eigenvalue weighted by atomic mass is 15.0. The summed E-state index contributed by atoms with van der Waals surface area (Å²) in [5.74, 6) is 1.98. The Morgan fingerprint density at radius 1 is 1.21 bits per heavy atom. The van der Waals surface area contributed by atoms with Crippen LogP contribution in [0.15, 0.2) is 30.3 Å². The van der Waals surface area contributed by atoms with Crippen molar-refractivity contribution >= 4 is 11.5 Å². The minimum Gasteiger partial charge on any atom is -0.340 e. The summed E-state index contributed by atoms with van der Waals surface area (Å²) >= 11 is 0. The Morgan fingerprint density at radius 3 is 2.63 bits per heavy atom. The number of hydrogen-bond donors (Lipinski definition) is 2. The molecule has 0 bridgehead atoms. The molecule has 2 rings (SSSR count). The second kappa shape index (κ2) is 5.80. The largest absolute Gasteiger partial charge is 0.340 e. The van der Waals surface area contributed by atoms with Crippen LogP contribution in [0.25, 0.3) is 0 Å². The number of rotatable bonds is 4. The summed E-state index contributed by atoms with van der Waals surface area (Å²) in [4.78, 5) is 8.98. The summed E-state index contributed by atoms with van der Waals surface area (Å²) in [6.45, 7) is 6.66. The number of anilines is 2. The van der Waals surface area contributed by atoms with Gasteiger partial charge in [-0.05, 0) is 18.6 Å². The third kappa shape index (κ3) is 3.29. The highest BCUT2D eigenvalue weighted by molar-refractivity contribution is 5.60. The van der Waals surface area contributed by atoms with Crippen LogP contribution in [0.2, 0.25) is 0 Å². The van der Waals surface area contributed by atoms with Crippen LogP contribution in [0.3, 0.4) is 0 Å². The lowest BCUT2D eigenvalue weighted by atomic mass is 10.1. The number of nitrogens with two attached hydrogens (primary N) is 1. The Balaban J connectivity index is 2.32. The Morgan fingerprint density at radius 2 is 1.95 bits per heavy atom. The monoisotopic (exact) mass is 256 g/mol. The van der Waals surface area contributed by atoms with Gasteiger partial charge in [0.25, 0.3) is 0 Å². The number of aryl methyl sites for hydroxylation is 1. The van der Waals surface area contributed by atoms with E-state index in [0.29, 0.717) is 12.5 Å². The molecule has 1 aromatic carbocycles.